The summed E-state index contributed by atoms with van der Waals surface area (Å²) in [5.41, 5.74) is 0.806. The molecule has 1 aliphatic carbocycles. The van der Waals surface area contributed by atoms with Crippen molar-refractivity contribution in [2.75, 3.05) is 18.5 Å². The van der Waals surface area contributed by atoms with Gasteiger partial charge in [0.05, 0.1) is 28.4 Å². The molecule has 9 heteroatoms. The number of aliphatic hydroxyl groups excluding tert-OH is 1. The zero-order valence-electron chi connectivity index (χ0n) is 17.4. The van der Waals surface area contributed by atoms with E-state index in [4.69, 9.17) is 16.7 Å². The lowest BCUT2D eigenvalue weighted by Gasteiger charge is -2.26. The highest BCUT2D eigenvalue weighted by molar-refractivity contribution is 7.14. The van der Waals surface area contributed by atoms with Gasteiger partial charge in [0.25, 0.3) is 5.91 Å². The van der Waals surface area contributed by atoms with Crippen LogP contribution >= 0.6 is 22.9 Å². The molecule has 7 nitrogen and oxygen atoms in total. The first-order chi connectivity index (χ1) is 15.0. The minimum atomic E-state index is -0.594. The fourth-order valence-electron chi connectivity index (χ4n) is 3.81. The third-order valence-corrected chi connectivity index (χ3v) is 6.67. The van der Waals surface area contributed by atoms with Crippen molar-refractivity contribution in [2.45, 2.75) is 51.1 Å². The van der Waals surface area contributed by atoms with Crippen LogP contribution < -0.4 is 16.0 Å². The first-order valence-corrected chi connectivity index (χ1v) is 11.9. The van der Waals surface area contributed by atoms with Crippen LogP contribution in [0.1, 0.15) is 53.1 Å². The number of anilines is 1. The molecule has 1 saturated carbocycles. The molecule has 1 atom stereocenters. The maximum absolute atomic E-state index is 12.8. The summed E-state index contributed by atoms with van der Waals surface area (Å²) in [6, 6.07) is 4.86. The Morgan fingerprint density at radius 1 is 1.23 bits per heavy atom. The number of halogens is 1. The lowest BCUT2D eigenvalue weighted by atomic mass is 9.84. The van der Waals surface area contributed by atoms with Crippen molar-refractivity contribution < 1.29 is 14.7 Å². The van der Waals surface area contributed by atoms with Gasteiger partial charge in [0, 0.05) is 24.2 Å². The van der Waals surface area contributed by atoms with Crippen molar-refractivity contribution in [3.8, 4) is 0 Å². The summed E-state index contributed by atoms with van der Waals surface area (Å²) in [5.74, 6) is -0.0474. The molecule has 2 amide bonds. The minimum Gasteiger partial charge on any atom is -0.395 e. The molecule has 2 aromatic rings. The van der Waals surface area contributed by atoms with Crippen molar-refractivity contribution in [1.82, 2.24) is 15.6 Å². The number of hydrogen-bond acceptors (Lipinski definition) is 6. The topological polar surface area (TPSA) is 103 Å². The van der Waals surface area contributed by atoms with Crippen LogP contribution in [0.3, 0.4) is 0 Å². The molecule has 0 radical (unpaired) electrons. The molecule has 3 rings (SSSR count). The Kier molecular flexibility index (Phi) is 9.12. The van der Waals surface area contributed by atoms with Crippen LogP contribution in [0.5, 0.6) is 0 Å². The standard InChI is InChI=1S/C22H29ClN4O3S/c23-16-11-17(13-24-12-16)26-14-18-6-7-20(31-18)22(30)27-19(21(29)25-8-9-28)10-15-4-2-1-3-5-15/h6-7,11-13,15,19,26,28H,1-5,8-10,14H2,(H,25,29)(H,27,30). The summed E-state index contributed by atoms with van der Waals surface area (Å²) in [6.07, 6.45) is 9.65. The molecule has 0 aliphatic heterocycles. The predicted molar refractivity (Wildman–Crippen MR) is 123 cm³/mol. The average Bonchev–Trinajstić information content (AvgIpc) is 3.25. The molecule has 0 saturated heterocycles. The molecule has 0 spiro atoms. The van der Waals surface area contributed by atoms with Gasteiger partial charge in [-0.2, -0.15) is 0 Å². The molecule has 0 bridgehead atoms. The summed E-state index contributed by atoms with van der Waals surface area (Å²) >= 11 is 7.33. The summed E-state index contributed by atoms with van der Waals surface area (Å²) in [4.78, 5) is 31.0. The number of hydrogen-bond donors (Lipinski definition) is 4. The lowest BCUT2D eigenvalue weighted by molar-refractivity contribution is -0.123. The number of carbonyl (C=O) groups is 2. The number of pyridine rings is 1. The number of amides is 2. The number of thiophene rings is 1. The zero-order chi connectivity index (χ0) is 22.1. The van der Waals surface area contributed by atoms with Gasteiger partial charge in [-0.25, -0.2) is 0 Å². The Morgan fingerprint density at radius 3 is 2.77 bits per heavy atom. The van der Waals surface area contributed by atoms with Gasteiger partial charge >= 0.3 is 0 Å². The van der Waals surface area contributed by atoms with Gasteiger partial charge in [-0.15, -0.1) is 11.3 Å². The van der Waals surface area contributed by atoms with Gasteiger partial charge in [-0.05, 0) is 30.5 Å². The van der Waals surface area contributed by atoms with E-state index in [-0.39, 0.29) is 25.0 Å². The fraction of sp³-hybridized carbons (Fsp3) is 0.500. The second-order valence-electron chi connectivity index (χ2n) is 7.79. The van der Waals surface area contributed by atoms with E-state index in [0.29, 0.717) is 28.8 Å². The second kappa shape index (κ2) is 12.0. The van der Waals surface area contributed by atoms with E-state index in [1.165, 1.54) is 30.6 Å². The van der Waals surface area contributed by atoms with Crippen molar-refractivity contribution in [1.29, 1.82) is 0 Å². The van der Waals surface area contributed by atoms with E-state index >= 15 is 0 Å². The first-order valence-electron chi connectivity index (χ1n) is 10.7. The molecular formula is C22H29ClN4O3S. The third kappa shape index (κ3) is 7.48. The minimum absolute atomic E-state index is 0.126. The highest BCUT2D eigenvalue weighted by Gasteiger charge is 2.26. The highest BCUT2D eigenvalue weighted by atomic mass is 35.5. The SMILES string of the molecule is O=C(NC(CC1CCCCC1)C(=O)NCCO)c1ccc(CNc2cncc(Cl)c2)s1. The summed E-state index contributed by atoms with van der Waals surface area (Å²) in [6.45, 7) is 0.602. The van der Waals surface area contributed by atoms with Gasteiger partial charge in [0.1, 0.15) is 6.04 Å². The van der Waals surface area contributed by atoms with E-state index in [9.17, 15) is 9.59 Å². The van der Waals surface area contributed by atoms with E-state index < -0.39 is 6.04 Å². The molecule has 0 aromatic carbocycles. The fourth-order valence-corrected chi connectivity index (χ4v) is 4.84. The predicted octanol–water partition coefficient (Wildman–Crippen LogP) is 3.59. The van der Waals surface area contributed by atoms with Crippen LogP contribution in [0, 0.1) is 5.92 Å². The van der Waals surface area contributed by atoms with Crippen LogP contribution in [-0.2, 0) is 11.3 Å². The van der Waals surface area contributed by atoms with Crippen LogP contribution in [0.15, 0.2) is 30.6 Å². The number of rotatable bonds is 10. The molecule has 2 heterocycles. The van der Waals surface area contributed by atoms with E-state index in [1.54, 1.807) is 24.5 Å². The molecule has 168 valence electrons. The van der Waals surface area contributed by atoms with Crippen LogP contribution in [0.2, 0.25) is 5.02 Å². The quantitative estimate of drug-likeness (QED) is 0.430. The molecule has 1 aliphatic rings. The van der Waals surface area contributed by atoms with Crippen molar-refractivity contribution >= 4 is 40.4 Å². The maximum Gasteiger partial charge on any atom is 0.262 e. The number of aliphatic hydroxyl groups is 1. The van der Waals surface area contributed by atoms with E-state index in [1.807, 2.05) is 6.07 Å². The van der Waals surface area contributed by atoms with Crippen molar-refractivity contribution in [2.24, 2.45) is 5.92 Å². The molecule has 4 N–H and O–H groups in total. The Balaban J connectivity index is 1.58. The maximum atomic E-state index is 12.8. The molecule has 1 unspecified atom stereocenters. The molecule has 1 fully saturated rings. The smallest absolute Gasteiger partial charge is 0.262 e. The normalized spacial score (nSPS) is 15.3. The molecule has 2 aromatic heterocycles. The lowest BCUT2D eigenvalue weighted by Crippen LogP contribution is -2.48. The average molecular weight is 465 g/mol. The first kappa shape index (κ1) is 23.5. The molecular weight excluding hydrogens is 436 g/mol. The number of nitrogens with one attached hydrogen (secondary N) is 3. The highest BCUT2D eigenvalue weighted by Crippen LogP contribution is 2.28. The Morgan fingerprint density at radius 2 is 2.03 bits per heavy atom. The summed E-state index contributed by atoms with van der Waals surface area (Å²) in [7, 11) is 0. The van der Waals surface area contributed by atoms with E-state index in [0.717, 1.165) is 23.4 Å². The van der Waals surface area contributed by atoms with E-state index in [2.05, 4.69) is 20.9 Å². The third-order valence-electron chi connectivity index (χ3n) is 5.38. The number of aromatic nitrogens is 1. The Labute approximate surface area is 191 Å². The largest absolute Gasteiger partial charge is 0.395 e. The number of carbonyl (C=O) groups excluding carboxylic acids is 2. The Bertz CT molecular complexity index is 870. The van der Waals surface area contributed by atoms with Crippen molar-refractivity contribution in [3.63, 3.8) is 0 Å². The van der Waals surface area contributed by atoms with Crippen LogP contribution in [-0.4, -0.2) is 41.1 Å². The summed E-state index contributed by atoms with van der Waals surface area (Å²) < 4.78 is 0. The van der Waals surface area contributed by atoms with Gasteiger partial charge in [0.2, 0.25) is 5.91 Å². The van der Waals surface area contributed by atoms with Gasteiger partial charge in [0.15, 0.2) is 0 Å². The van der Waals surface area contributed by atoms with Crippen LogP contribution in [0.25, 0.3) is 0 Å². The van der Waals surface area contributed by atoms with Gasteiger partial charge in [-0.3, -0.25) is 14.6 Å². The summed E-state index contributed by atoms with van der Waals surface area (Å²) in [5, 5.41) is 18.4. The zero-order valence-corrected chi connectivity index (χ0v) is 19.0. The van der Waals surface area contributed by atoms with Gasteiger partial charge < -0.3 is 21.1 Å². The monoisotopic (exact) mass is 464 g/mol. The van der Waals surface area contributed by atoms with Crippen LogP contribution in [0.4, 0.5) is 5.69 Å². The second-order valence-corrected chi connectivity index (χ2v) is 9.40. The Hall–Kier alpha value is -2.16. The number of nitrogens with zero attached hydrogens (tertiary/aromatic N) is 1. The van der Waals surface area contributed by atoms with Crippen molar-refractivity contribution in [3.05, 3.63) is 45.4 Å². The molecule has 31 heavy (non-hydrogen) atoms. The van der Waals surface area contributed by atoms with Gasteiger partial charge in [-0.1, -0.05) is 43.7 Å².